The van der Waals surface area contributed by atoms with Crippen LogP contribution in [0.3, 0.4) is 0 Å². The minimum Gasteiger partial charge on any atom is -0.467 e. The fourth-order valence-electron chi connectivity index (χ4n) is 12.6. The number of thiazole rings is 1. The highest BCUT2D eigenvalue weighted by atomic mass is 32.2. The molecule has 3 unspecified atom stereocenters. The number of sulfone groups is 3. The third kappa shape index (κ3) is 20.2. The van der Waals surface area contributed by atoms with Crippen molar-refractivity contribution in [2.45, 2.75) is 155 Å². The average Bonchev–Trinajstić information content (AvgIpc) is 1.03. The third-order valence-corrected chi connectivity index (χ3v) is 22.9. The standard InChI is InChI=1S/C22H25N3O4S3.C19H24N2O5S2.C18H26N2O5S.C7H6N4S/c1-32(28,29)15-7-8-16-17(12-15)24-22(30)25(21(16)27)18(11-14-5-3-2-4-6-14)19(26)13-20-23-9-10-31-20;1-26-18(23)16(10-12-6-4-3-5-7-12)21-17(22)14-9-8-13(28(2,24)25)11-15(14)20-19(21)27;1-25-18(22)16(10-12-6-4-3-5-7-12)20-17(21)14-9-8-13(11-15(14)19)26(2,23)24;12-7(10-3-1-8-5-10)11-4-2-9-6-11/h7-10,12,14,18H,2-6,11,13H2,1H3,(H,24,30);8-9,11-12,16H,3-7,10H2,1-2H3,(H,20,27);8-9,11-12,16H,3-7,10,19H2,1-2H3,(H,20,21);1-6H. The van der Waals surface area contributed by atoms with Gasteiger partial charge in [-0.2, -0.15) is 0 Å². The number of methoxy groups -OCH3 is 2. The molecule has 5 heterocycles. The van der Waals surface area contributed by atoms with E-state index in [4.69, 9.17) is 51.9 Å². The molecule has 1 amide bonds. The van der Waals surface area contributed by atoms with E-state index in [9.17, 15) is 54.0 Å². The number of nitrogens with one attached hydrogen (secondary N) is 3. The number of hydrogen-bond acceptors (Lipinski definition) is 22. The van der Waals surface area contributed by atoms with E-state index in [2.05, 4.69) is 30.2 Å². The van der Waals surface area contributed by atoms with Crippen molar-refractivity contribution >= 4 is 134 Å². The summed E-state index contributed by atoms with van der Waals surface area (Å²) in [5.74, 6) is -0.526. The number of hydrogen-bond donors (Lipinski definition) is 4. The van der Waals surface area contributed by atoms with E-state index in [0.29, 0.717) is 63.6 Å². The van der Waals surface area contributed by atoms with Crippen LogP contribution in [0.4, 0.5) is 5.69 Å². The number of anilines is 1. The van der Waals surface area contributed by atoms with Crippen molar-refractivity contribution in [2.24, 2.45) is 17.8 Å². The number of carbonyl (C=O) groups is 4. The number of thiocarbonyl (C=S) groups is 1. The quantitative estimate of drug-likeness (QED) is 0.0352. The van der Waals surface area contributed by atoms with Crippen LogP contribution in [0.5, 0.6) is 0 Å². The Morgan fingerprint density at radius 3 is 1.45 bits per heavy atom. The Morgan fingerprint density at radius 2 is 1.04 bits per heavy atom. The molecule has 3 aromatic carbocycles. The fraction of sp³-hybridized carbons (Fsp3) is 0.455. The van der Waals surface area contributed by atoms with Gasteiger partial charge in [-0.05, 0) is 128 Å². The summed E-state index contributed by atoms with van der Waals surface area (Å²) < 4.78 is 86.7. The minimum atomic E-state index is -3.43. The van der Waals surface area contributed by atoms with Gasteiger partial charge in [-0.3, -0.25) is 37.4 Å². The number of rotatable bonds is 18. The molecule has 3 aliphatic carbocycles. The number of nitrogens with zero attached hydrogens (tertiary/aromatic N) is 7. The number of fused-ring (bicyclic) bond motifs is 2. The van der Waals surface area contributed by atoms with E-state index >= 15 is 0 Å². The molecule has 11 rings (SSSR count). The van der Waals surface area contributed by atoms with Crippen LogP contribution in [0.1, 0.15) is 143 Å². The number of nitrogens with two attached hydrogens (primary N) is 1. The van der Waals surface area contributed by atoms with Crippen LogP contribution in [0, 0.1) is 27.3 Å². The summed E-state index contributed by atoms with van der Waals surface area (Å²) >= 11 is 17.4. The number of H-pyrrole nitrogens is 2. The lowest BCUT2D eigenvalue weighted by Crippen LogP contribution is -2.43. The first-order valence-electron chi connectivity index (χ1n) is 32.0. The molecule has 5 N–H and O–H groups in total. The van der Waals surface area contributed by atoms with Gasteiger partial charge in [-0.15, -0.1) is 11.3 Å². The molecule has 3 saturated carbocycles. The molecule has 0 aliphatic heterocycles. The highest BCUT2D eigenvalue weighted by Crippen LogP contribution is 2.34. The van der Waals surface area contributed by atoms with Crippen LogP contribution in [0.2, 0.25) is 0 Å². The van der Waals surface area contributed by atoms with Crippen LogP contribution in [-0.4, -0.2) is 136 Å². The molecule has 526 valence electrons. The second-order valence-corrected chi connectivity index (χ2v) is 33.0. The maximum atomic E-state index is 13.5. The Labute approximate surface area is 587 Å². The van der Waals surface area contributed by atoms with Gasteiger partial charge in [0.1, 0.15) is 24.7 Å². The van der Waals surface area contributed by atoms with Crippen molar-refractivity contribution < 1.29 is 53.9 Å². The Hall–Kier alpha value is -7.75. The number of Topliss-reactive ketones (excluding diaryl/α,β-unsaturated/α-hetero) is 1. The SMILES string of the molecule is COC(=O)C(CC1CCCCC1)NC(=O)c1ccc(S(C)(=O)=O)cc1N.COC(=O)C(CC1CCCCC1)n1c(=S)[nH]c2cc(S(C)(=O)=O)ccc2c1=O.CS(=O)(=O)c1ccc2c(=O)n(C(CC3CCCCC3)C(=O)Cc3nccs3)c(=S)[nH]c2c1.S=C(n1ccnc1)n1ccnc1. The molecule has 25 nitrogen and oxygen atoms in total. The number of aromatic amines is 2. The highest BCUT2D eigenvalue weighted by molar-refractivity contribution is 7.91. The molecular weight excluding hydrogens is 1400 g/mol. The Balaban J connectivity index is 0.000000173. The lowest BCUT2D eigenvalue weighted by atomic mass is 9.83. The summed E-state index contributed by atoms with van der Waals surface area (Å²) in [5.41, 5.74) is 5.90. The van der Waals surface area contributed by atoms with E-state index in [1.54, 1.807) is 52.8 Å². The van der Waals surface area contributed by atoms with Gasteiger partial charge in [0.25, 0.3) is 17.0 Å². The average molecular weight is 1480 g/mol. The summed E-state index contributed by atoms with van der Waals surface area (Å²) in [6, 6.07) is 10.2. The highest BCUT2D eigenvalue weighted by Gasteiger charge is 2.32. The predicted octanol–water partition coefficient (Wildman–Crippen LogP) is 10.1. The van der Waals surface area contributed by atoms with Crippen LogP contribution in [0.25, 0.3) is 21.8 Å². The maximum Gasteiger partial charge on any atom is 0.329 e. The molecule has 98 heavy (non-hydrogen) atoms. The van der Waals surface area contributed by atoms with E-state index in [-0.39, 0.29) is 58.6 Å². The molecule has 8 aromatic rings. The second kappa shape index (κ2) is 34.4. The molecule has 32 heteroatoms. The lowest BCUT2D eigenvalue weighted by Gasteiger charge is -2.27. The van der Waals surface area contributed by atoms with Gasteiger partial charge in [0.2, 0.25) is 0 Å². The van der Waals surface area contributed by atoms with Gasteiger partial charge in [0, 0.05) is 60.8 Å². The summed E-state index contributed by atoms with van der Waals surface area (Å²) in [4.78, 5) is 95.2. The smallest absolute Gasteiger partial charge is 0.329 e. The van der Waals surface area contributed by atoms with E-state index in [1.165, 1.54) is 109 Å². The molecule has 0 radical (unpaired) electrons. The number of amides is 1. The minimum absolute atomic E-state index is 0.0401. The normalized spacial score (nSPS) is 15.8. The number of ether oxygens (including phenoxy) is 2. The van der Waals surface area contributed by atoms with Crippen molar-refractivity contribution in [3.05, 3.63) is 144 Å². The van der Waals surface area contributed by atoms with Crippen molar-refractivity contribution in [3.8, 4) is 0 Å². The van der Waals surface area contributed by atoms with Crippen LogP contribution < -0.4 is 22.2 Å². The third-order valence-electron chi connectivity index (χ3n) is 17.7. The number of carbonyl (C=O) groups excluding carboxylic acids is 4. The summed E-state index contributed by atoms with van der Waals surface area (Å²) in [6.07, 6.45) is 33.5. The molecule has 5 aromatic heterocycles. The number of aromatic nitrogens is 9. The fourth-order valence-corrected chi connectivity index (χ4v) is 16.0. The van der Waals surface area contributed by atoms with Gasteiger partial charge < -0.3 is 30.5 Å². The van der Waals surface area contributed by atoms with Crippen molar-refractivity contribution in [3.63, 3.8) is 0 Å². The molecule has 3 fully saturated rings. The first-order valence-corrected chi connectivity index (χ1v) is 39.8. The monoisotopic (exact) mass is 1480 g/mol. The zero-order valence-corrected chi connectivity index (χ0v) is 60.7. The van der Waals surface area contributed by atoms with Crippen LogP contribution in [0.15, 0.2) is 128 Å². The van der Waals surface area contributed by atoms with E-state index in [0.717, 1.165) is 95.8 Å². The molecule has 3 atom stereocenters. The van der Waals surface area contributed by atoms with Crippen LogP contribution in [-0.2, 0) is 59.8 Å². The first kappa shape index (κ1) is 76.0. The Morgan fingerprint density at radius 1 is 0.612 bits per heavy atom. The number of esters is 2. The van der Waals surface area contributed by atoms with Gasteiger partial charge in [0.05, 0.1) is 73.7 Å². The second-order valence-electron chi connectivity index (χ2n) is 24.8. The summed E-state index contributed by atoms with van der Waals surface area (Å²) in [5, 5.41) is 6.45. The Bertz CT molecular complexity index is 4710. The molecule has 3 aliphatic rings. The maximum absolute atomic E-state index is 13.5. The van der Waals surface area contributed by atoms with Crippen molar-refractivity contribution in [1.29, 1.82) is 0 Å². The number of benzene rings is 3. The van der Waals surface area contributed by atoms with Crippen molar-refractivity contribution in [2.75, 3.05) is 38.7 Å². The zero-order chi connectivity index (χ0) is 71.1. The van der Waals surface area contributed by atoms with Gasteiger partial charge >= 0.3 is 11.9 Å². The van der Waals surface area contributed by atoms with Gasteiger partial charge in [0.15, 0.2) is 49.9 Å². The number of nitrogen functional groups attached to an aromatic ring is 1. The summed E-state index contributed by atoms with van der Waals surface area (Å²) in [7, 11) is -7.68. The summed E-state index contributed by atoms with van der Waals surface area (Å²) in [6.45, 7) is 0. The van der Waals surface area contributed by atoms with Gasteiger partial charge in [-0.25, -0.2) is 49.8 Å². The molecule has 0 saturated heterocycles. The molecule has 0 bridgehead atoms. The van der Waals surface area contributed by atoms with E-state index < -0.39 is 71.0 Å². The topological polar surface area (TPSA) is 351 Å². The van der Waals surface area contributed by atoms with E-state index in [1.807, 2.05) is 5.38 Å². The molecule has 0 spiro atoms. The predicted molar refractivity (Wildman–Crippen MR) is 383 cm³/mol. The van der Waals surface area contributed by atoms with Crippen molar-refractivity contribution in [1.82, 2.24) is 48.5 Å². The first-order chi connectivity index (χ1) is 46.6. The van der Waals surface area contributed by atoms with Crippen LogP contribution >= 0.6 is 48.0 Å². The zero-order valence-electron chi connectivity index (χ0n) is 55.0. The molecular formula is C66H81N11O14S7. The number of imidazole rings is 2. The van der Waals surface area contributed by atoms with Gasteiger partial charge in [-0.1, -0.05) is 96.3 Å². The number of ketones is 1. The largest absolute Gasteiger partial charge is 0.467 e. The Kier molecular flexibility index (Phi) is 26.6. The lowest BCUT2D eigenvalue weighted by molar-refractivity contribution is -0.145.